The fourth-order valence-electron chi connectivity index (χ4n) is 1.60. The van der Waals surface area contributed by atoms with E-state index in [-0.39, 0.29) is 0 Å². The monoisotopic (exact) mass is 205 g/mol. The maximum Gasteiger partial charge on any atom is 0.230 e. The van der Waals surface area contributed by atoms with Crippen LogP contribution in [-0.2, 0) is 0 Å². The van der Waals surface area contributed by atoms with Crippen LogP contribution in [-0.4, -0.2) is 19.1 Å². The van der Waals surface area contributed by atoms with Crippen molar-refractivity contribution < 1.29 is 4.42 Å². The molecular formula is C11H15N3O. The second kappa shape index (κ2) is 3.15. The molecule has 0 atom stereocenters. The molecule has 2 aromatic heterocycles. The largest absolute Gasteiger partial charge is 0.443 e. The fraction of sp³-hybridized carbons (Fsp3) is 0.364. The highest BCUT2D eigenvalue weighted by Crippen LogP contribution is 2.30. The summed E-state index contributed by atoms with van der Waals surface area (Å²) >= 11 is 0. The number of hydrogen-bond donors (Lipinski definition) is 1. The van der Waals surface area contributed by atoms with E-state index < -0.39 is 0 Å². The van der Waals surface area contributed by atoms with Gasteiger partial charge in [0.25, 0.3) is 0 Å². The second-order valence-corrected chi connectivity index (χ2v) is 3.93. The Hall–Kier alpha value is -1.71. The number of nitrogens with two attached hydrogens (primary N) is 1. The molecule has 0 saturated carbocycles. The Kier molecular flexibility index (Phi) is 2.07. The summed E-state index contributed by atoms with van der Waals surface area (Å²) in [6, 6.07) is 1.87. The predicted molar refractivity (Wildman–Crippen MR) is 62.2 cm³/mol. The Bertz CT molecular complexity index is 514. The Balaban J connectivity index is 2.78. The molecule has 0 bridgehead atoms. The highest BCUT2D eigenvalue weighted by Gasteiger charge is 2.13. The van der Waals surface area contributed by atoms with Crippen LogP contribution < -0.4 is 10.6 Å². The third-order valence-electron chi connectivity index (χ3n) is 2.61. The molecular weight excluding hydrogens is 190 g/mol. The Morgan fingerprint density at radius 1 is 1.33 bits per heavy atom. The summed E-state index contributed by atoms with van der Waals surface area (Å²) in [7, 11) is 3.85. The highest BCUT2D eigenvalue weighted by molar-refractivity contribution is 5.92. The summed E-state index contributed by atoms with van der Waals surface area (Å²) in [5.74, 6) is 1.69. The number of rotatable bonds is 1. The van der Waals surface area contributed by atoms with Crippen LogP contribution in [0.15, 0.2) is 10.5 Å². The van der Waals surface area contributed by atoms with Crippen molar-refractivity contribution in [2.24, 2.45) is 0 Å². The second-order valence-electron chi connectivity index (χ2n) is 3.93. The van der Waals surface area contributed by atoms with Crippen molar-refractivity contribution in [2.75, 3.05) is 24.7 Å². The lowest BCUT2D eigenvalue weighted by molar-refractivity contribution is 0.564. The maximum atomic E-state index is 5.98. The minimum atomic E-state index is 0.619. The number of furan rings is 1. The van der Waals surface area contributed by atoms with Crippen LogP contribution in [0, 0.1) is 13.8 Å². The summed E-state index contributed by atoms with van der Waals surface area (Å²) in [6.07, 6.45) is 0. The minimum absolute atomic E-state index is 0.619. The van der Waals surface area contributed by atoms with E-state index >= 15 is 0 Å². The number of aryl methyl sites for hydroxylation is 2. The van der Waals surface area contributed by atoms with E-state index in [0.717, 1.165) is 28.2 Å². The van der Waals surface area contributed by atoms with Gasteiger partial charge in [-0.1, -0.05) is 0 Å². The fourth-order valence-corrected chi connectivity index (χ4v) is 1.60. The highest BCUT2D eigenvalue weighted by atomic mass is 16.3. The molecule has 4 nitrogen and oxygen atoms in total. The smallest absolute Gasteiger partial charge is 0.230 e. The first-order valence-electron chi connectivity index (χ1n) is 4.84. The number of nitrogen functional groups attached to an aromatic ring is 1. The topological polar surface area (TPSA) is 55.3 Å². The van der Waals surface area contributed by atoms with Gasteiger partial charge < -0.3 is 15.1 Å². The summed E-state index contributed by atoms with van der Waals surface area (Å²) < 4.78 is 5.55. The molecule has 0 amide bonds. The van der Waals surface area contributed by atoms with Crippen LogP contribution >= 0.6 is 0 Å². The Labute approximate surface area is 88.7 Å². The SMILES string of the molecule is Cc1oc2nc(N(C)C)cc(N)c2c1C. The predicted octanol–water partition coefficient (Wildman–Crippen LogP) is 2.09. The normalized spacial score (nSPS) is 10.9. The van der Waals surface area contributed by atoms with Crippen molar-refractivity contribution in [2.45, 2.75) is 13.8 Å². The molecule has 80 valence electrons. The molecule has 2 heterocycles. The first-order valence-corrected chi connectivity index (χ1v) is 4.84. The molecule has 15 heavy (non-hydrogen) atoms. The van der Waals surface area contributed by atoms with Crippen LogP contribution in [0.25, 0.3) is 11.1 Å². The van der Waals surface area contributed by atoms with Crippen molar-refractivity contribution in [3.05, 3.63) is 17.4 Å². The van der Waals surface area contributed by atoms with Gasteiger partial charge in [-0.2, -0.15) is 4.98 Å². The number of nitrogens with zero attached hydrogens (tertiary/aromatic N) is 2. The minimum Gasteiger partial charge on any atom is -0.443 e. The number of fused-ring (bicyclic) bond motifs is 1. The van der Waals surface area contributed by atoms with Crippen molar-refractivity contribution in [1.29, 1.82) is 0 Å². The molecule has 0 aliphatic carbocycles. The van der Waals surface area contributed by atoms with E-state index in [1.165, 1.54) is 0 Å². The summed E-state index contributed by atoms with van der Waals surface area (Å²) in [5.41, 5.74) is 8.39. The third kappa shape index (κ3) is 1.42. The lowest BCUT2D eigenvalue weighted by atomic mass is 10.2. The molecule has 0 aliphatic rings. The van der Waals surface area contributed by atoms with Crippen molar-refractivity contribution in [3.63, 3.8) is 0 Å². The van der Waals surface area contributed by atoms with E-state index in [9.17, 15) is 0 Å². The standard InChI is InChI=1S/C11H15N3O/c1-6-7(2)15-11-10(6)8(12)5-9(13-11)14(3)4/h5H,1-4H3,(H2,12,13). The molecule has 0 fully saturated rings. The van der Waals surface area contributed by atoms with Gasteiger partial charge in [0.05, 0.1) is 5.39 Å². The van der Waals surface area contributed by atoms with Crippen LogP contribution in [0.3, 0.4) is 0 Å². The van der Waals surface area contributed by atoms with E-state index in [1.807, 2.05) is 38.9 Å². The average Bonchev–Trinajstić information content (AvgIpc) is 2.42. The summed E-state index contributed by atoms with van der Waals surface area (Å²) in [6.45, 7) is 3.92. The van der Waals surface area contributed by atoms with Crippen molar-refractivity contribution in [3.8, 4) is 0 Å². The molecule has 0 spiro atoms. The van der Waals surface area contributed by atoms with Gasteiger partial charge in [0.15, 0.2) is 0 Å². The van der Waals surface area contributed by atoms with E-state index in [4.69, 9.17) is 10.2 Å². The zero-order chi connectivity index (χ0) is 11.2. The number of pyridine rings is 1. The molecule has 0 aliphatic heterocycles. The number of anilines is 2. The van der Waals surface area contributed by atoms with Gasteiger partial charge in [-0.15, -0.1) is 0 Å². The molecule has 2 rings (SSSR count). The van der Waals surface area contributed by atoms with Gasteiger partial charge in [-0.3, -0.25) is 0 Å². The molecule has 0 unspecified atom stereocenters. The molecule has 0 radical (unpaired) electrons. The molecule has 2 N–H and O–H groups in total. The molecule has 0 aromatic carbocycles. The lowest BCUT2D eigenvalue weighted by Gasteiger charge is -2.11. The van der Waals surface area contributed by atoms with Gasteiger partial charge in [0, 0.05) is 31.4 Å². The van der Waals surface area contributed by atoms with E-state index in [0.29, 0.717) is 5.71 Å². The maximum absolute atomic E-state index is 5.98. The Morgan fingerprint density at radius 2 is 2.00 bits per heavy atom. The molecule has 4 heteroatoms. The number of aromatic nitrogens is 1. The summed E-state index contributed by atoms with van der Waals surface area (Å²) in [5, 5.41) is 0.929. The molecule has 0 saturated heterocycles. The van der Waals surface area contributed by atoms with Crippen LogP contribution in [0.4, 0.5) is 11.5 Å². The van der Waals surface area contributed by atoms with Crippen molar-refractivity contribution in [1.82, 2.24) is 4.98 Å². The van der Waals surface area contributed by atoms with Crippen molar-refractivity contribution >= 4 is 22.6 Å². The summed E-state index contributed by atoms with van der Waals surface area (Å²) in [4.78, 5) is 6.30. The zero-order valence-corrected chi connectivity index (χ0v) is 9.46. The Morgan fingerprint density at radius 3 is 2.60 bits per heavy atom. The van der Waals surface area contributed by atoms with E-state index in [2.05, 4.69) is 4.98 Å². The van der Waals surface area contributed by atoms with E-state index in [1.54, 1.807) is 0 Å². The van der Waals surface area contributed by atoms with Gasteiger partial charge in [0.1, 0.15) is 11.6 Å². The number of hydrogen-bond acceptors (Lipinski definition) is 4. The van der Waals surface area contributed by atoms with Crippen LogP contribution in [0.5, 0.6) is 0 Å². The van der Waals surface area contributed by atoms with Crippen LogP contribution in [0.2, 0.25) is 0 Å². The quantitative estimate of drug-likeness (QED) is 0.774. The average molecular weight is 205 g/mol. The van der Waals surface area contributed by atoms with Crippen LogP contribution in [0.1, 0.15) is 11.3 Å². The van der Waals surface area contributed by atoms with Gasteiger partial charge in [-0.25, -0.2) is 0 Å². The first-order chi connectivity index (χ1) is 7.00. The van der Waals surface area contributed by atoms with Gasteiger partial charge >= 0.3 is 0 Å². The first kappa shape index (κ1) is 9.83. The molecule has 2 aromatic rings. The van der Waals surface area contributed by atoms with Gasteiger partial charge in [0.2, 0.25) is 5.71 Å². The van der Waals surface area contributed by atoms with Gasteiger partial charge in [-0.05, 0) is 13.8 Å². The third-order valence-corrected chi connectivity index (χ3v) is 2.61. The zero-order valence-electron chi connectivity index (χ0n) is 9.46. The lowest BCUT2D eigenvalue weighted by Crippen LogP contribution is -2.10.